The highest BCUT2D eigenvalue weighted by Gasteiger charge is 2.13. The van der Waals surface area contributed by atoms with Crippen molar-refractivity contribution in [3.8, 4) is 22.3 Å². The van der Waals surface area contributed by atoms with Crippen molar-refractivity contribution in [1.82, 2.24) is 0 Å². The summed E-state index contributed by atoms with van der Waals surface area (Å²) in [4.78, 5) is 2.60. The van der Waals surface area contributed by atoms with Crippen molar-refractivity contribution < 1.29 is 0 Å². The predicted molar refractivity (Wildman–Crippen MR) is 127 cm³/mol. The Kier molecular flexibility index (Phi) is 6.17. The molecule has 0 heterocycles. The van der Waals surface area contributed by atoms with Gasteiger partial charge in [-0.25, -0.2) is 0 Å². The number of hydrogen-bond acceptors (Lipinski definition) is 1. The van der Waals surface area contributed by atoms with E-state index in [9.17, 15) is 0 Å². The van der Waals surface area contributed by atoms with Crippen LogP contribution >= 0.6 is 11.8 Å². The van der Waals surface area contributed by atoms with Gasteiger partial charge in [0.2, 0.25) is 0 Å². The molecule has 1 heteroatoms. The Morgan fingerprint density at radius 1 is 0.448 bits per heavy atom. The van der Waals surface area contributed by atoms with E-state index < -0.39 is 0 Å². The van der Waals surface area contributed by atoms with E-state index in [-0.39, 0.29) is 0 Å². The third-order valence-corrected chi connectivity index (χ3v) is 6.52. The van der Waals surface area contributed by atoms with Crippen molar-refractivity contribution >= 4 is 11.8 Å². The minimum Gasteiger partial charge on any atom is -0.0888 e. The summed E-state index contributed by atoms with van der Waals surface area (Å²) in [5, 5.41) is 0. The Bertz CT molecular complexity index is 1020. The predicted octanol–water partition coefficient (Wildman–Crippen LogP) is 8.30. The Morgan fingerprint density at radius 3 is 1.21 bits per heavy atom. The van der Waals surface area contributed by atoms with Crippen LogP contribution in [0.25, 0.3) is 22.3 Å². The first-order chi connectivity index (χ1) is 14.3. The first-order valence-electron chi connectivity index (χ1n) is 10.3. The number of rotatable bonds is 6. The molecule has 0 bridgehead atoms. The Hall–Kier alpha value is -2.77. The molecule has 0 spiro atoms. The lowest BCUT2D eigenvalue weighted by Crippen LogP contribution is -1.91. The molecule has 0 aliphatic rings. The summed E-state index contributed by atoms with van der Waals surface area (Å²) in [6, 6.07) is 35.1. The van der Waals surface area contributed by atoms with E-state index in [1.165, 1.54) is 43.2 Å². The van der Waals surface area contributed by atoms with Crippen LogP contribution in [0.2, 0.25) is 0 Å². The second-order valence-corrected chi connectivity index (χ2v) is 8.20. The average molecular weight is 395 g/mol. The van der Waals surface area contributed by atoms with Gasteiger partial charge in [0.1, 0.15) is 0 Å². The summed E-state index contributed by atoms with van der Waals surface area (Å²) < 4.78 is 0. The maximum Gasteiger partial charge on any atom is 0.0201 e. The van der Waals surface area contributed by atoms with Crippen molar-refractivity contribution in [3.63, 3.8) is 0 Å². The van der Waals surface area contributed by atoms with Crippen LogP contribution in [0.4, 0.5) is 0 Å². The lowest BCUT2D eigenvalue weighted by Gasteiger charge is -2.16. The standard InChI is InChI=1S/C28H26S/c1-3-21-13-5-7-15-23(21)25-17-9-11-19-27(25)29-28-20-12-10-18-26(28)24-16-8-6-14-22(24)4-2/h5-20H,3-4H2,1-2H3. The minimum absolute atomic E-state index is 1.04. The van der Waals surface area contributed by atoms with Gasteiger partial charge in [-0.3, -0.25) is 0 Å². The summed E-state index contributed by atoms with van der Waals surface area (Å²) >= 11 is 1.87. The monoisotopic (exact) mass is 394 g/mol. The fourth-order valence-electron chi connectivity index (χ4n) is 3.86. The van der Waals surface area contributed by atoms with E-state index in [0.717, 1.165) is 12.8 Å². The van der Waals surface area contributed by atoms with Crippen LogP contribution in [0, 0.1) is 0 Å². The van der Waals surface area contributed by atoms with Gasteiger partial charge < -0.3 is 0 Å². The lowest BCUT2D eigenvalue weighted by atomic mass is 9.98. The third kappa shape index (κ3) is 4.16. The smallest absolute Gasteiger partial charge is 0.0201 e. The number of benzene rings is 4. The molecule has 0 radical (unpaired) electrons. The molecular weight excluding hydrogens is 368 g/mol. The van der Waals surface area contributed by atoms with Gasteiger partial charge in [-0.05, 0) is 58.4 Å². The highest BCUT2D eigenvalue weighted by Crippen LogP contribution is 2.41. The normalized spacial score (nSPS) is 10.8. The number of hydrogen-bond donors (Lipinski definition) is 0. The van der Waals surface area contributed by atoms with Gasteiger partial charge >= 0.3 is 0 Å². The first-order valence-corrected chi connectivity index (χ1v) is 11.2. The highest BCUT2D eigenvalue weighted by molar-refractivity contribution is 7.99. The van der Waals surface area contributed by atoms with Gasteiger partial charge in [0.05, 0.1) is 0 Å². The van der Waals surface area contributed by atoms with E-state index >= 15 is 0 Å². The maximum absolute atomic E-state index is 2.25. The largest absolute Gasteiger partial charge is 0.0888 e. The fourth-order valence-corrected chi connectivity index (χ4v) is 4.96. The second kappa shape index (κ2) is 9.15. The van der Waals surface area contributed by atoms with Crippen LogP contribution < -0.4 is 0 Å². The van der Waals surface area contributed by atoms with Gasteiger partial charge in [-0.2, -0.15) is 0 Å². The van der Waals surface area contributed by atoms with E-state index in [1.807, 2.05) is 11.8 Å². The Balaban J connectivity index is 1.80. The fraction of sp³-hybridized carbons (Fsp3) is 0.143. The van der Waals surface area contributed by atoms with E-state index in [1.54, 1.807) is 0 Å². The van der Waals surface area contributed by atoms with Crippen molar-refractivity contribution in [3.05, 3.63) is 108 Å². The molecule has 0 amide bonds. The van der Waals surface area contributed by atoms with Crippen LogP contribution in [0.3, 0.4) is 0 Å². The zero-order valence-corrected chi connectivity index (χ0v) is 17.9. The molecule has 29 heavy (non-hydrogen) atoms. The Morgan fingerprint density at radius 2 is 0.793 bits per heavy atom. The topological polar surface area (TPSA) is 0 Å². The van der Waals surface area contributed by atoms with E-state index in [2.05, 4.69) is 111 Å². The number of aryl methyl sites for hydroxylation is 2. The van der Waals surface area contributed by atoms with Crippen LogP contribution in [0.15, 0.2) is 107 Å². The molecule has 4 aromatic carbocycles. The van der Waals surface area contributed by atoms with Gasteiger partial charge in [-0.1, -0.05) is 111 Å². The van der Waals surface area contributed by atoms with Crippen molar-refractivity contribution in [2.75, 3.05) is 0 Å². The lowest BCUT2D eigenvalue weighted by molar-refractivity contribution is 1.14. The summed E-state index contributed by atoms with van der Waals surface area (Å²) in [5.41, 5.74) is 8.09. The second-order valence-electron chi connectivity index (χ2n) is 7.12. The minimum atomic E-state index is 1.04. The molecule has 4 aromatic rings. The van der Waals surface area contributed by atoms with Crippen LogP contribution in [-0.2, 0) is 12.8 Å². The third-order valence-electron chi connectivity index (χ3n) is 5.37. The van der Waals surface area contributed by atoms with E-state index in [4.69, 9.17) is 0 Å². The molecule has 0 saturated carbocycles. The molecule has 4 rings (SSSR count). The van der Waals surface area contributed by atoms with Gasteiger partial charge in [0.25, 0.3) is 0 Å². The van der Waals surface area contributed by atoms with Crippen LogP contribution in [0.1, 0.15) is 25.0 Å². The van der Waals surface area contributed by atoms with Crippen molar-refractivity contribution in [2.45, 2.75) is 36.5 Å². The summed E-state index contributed by atoms with van der Waals surface area (Å²) in [5.74, 6) is 0. The zero-order chi connectivity index (χ0) is 20.1. The van der Waals surface area contributed by atoms with Crippen molar-refractivity contribution in [2.24, 2.45) is 0 Å². The van der Waals surface area contributed by atoms with Gasteiger partial charge in [-0.15, -0.1) is 0 Å². The molecule has 0 nitrogen and oxygen atoms in total. The molecule has 0 unspecified atom stereocenters. The molecular formula is C28H26S. The summed E-state index contributed by atoms with van der Waals surface area (Å²) in [6.45, 7) is 4.46. The molecule has 0 N–H and O–H groups in total. The van der Waals surface area contributed by atoms with Crippen molar-refractivity contribution in [1.29, 1.82) is 0 Å². The quantitative estimate of drug-likeness (QED) is 0.317. The summed E-state index contributed by atoms with van der Waals surface area (Å²) in [7, 11) is 0. The van der Waals surface area contributed by atoms with Gasteiger partial charge in [0, 0.05) is 9.79 Å². The SMILES string of the molecule is CCc1ccccc1-c1ccccc1Sc1ccccc1-c1ccccc1CC. The summed E-state index contributed by atoms with van der Waals surface area (Å²) in [6.07, 6.45) is 2.07. The molecule has 0 aromatic heterocycles. The molecule has 0 atom stereocenters. The maximum atomic E-state index is 2.25. The highest BCUT2D eigenvalue weighted by atomic mass is 32.2. The molecule has 0 saturated heterocycles. The van der Waals surface area contributed by atoms with Gasteiger partial charge in [0.15, 0.2) is 0 Å². The van der Waals surface area contributed by atoms with Crippen LogP contribution in [0.5, 0.6) is 0 Å². The molecule has 144 valence electrons. The molecule has 0 aliphatic carbocycles. The van der Waals surface area contributed by atoms with Crippen LogP contribution in [-0.4, -0.2) is 0 Å². The average Bonchev–Trinajstić information content (AvgIpc) is 2.80. The van der Waals surface area contributed by atoms with E-state index in [0.29, 0.717) is 0 Å². The first kappa shape index (κ1) is 19.5. The Labute approximate surface area is 178 Å². The molecule has 0 aliphatic heterocycles. The molecule has 0 fully saturated rings. The zero-order valence-electron chi connectivity index (χ0n) is 17.1.